The van der Waals surface area contributed by atoms with Crippen molar-refractivity contribution >= 4 is 23.5 Å². The smallest absolute Gasteiger partial charge is 0.319 e. The van der Waals surface area contributed by atoms with Crippen LogP contribution in [-0.4, -0.2) is 34.6 Å². The molecule has 0 spiro atoms. The van der Waals surface area contributed by atoms with Crippen LogP contribution in [-0.2, 0) is 16.1 Å². The molecule has 0 aromatic heterocycles. The molecule has 0 aliphatic carbocycles. The number of phenolic OH excluding ortho intramolecular Hbond substituents is 1. The number of aliphatic hydroxyl groups is 1. The Morgan fingerprint density at radius 2 is 1.59 bits per heavy atom. The van der Waals surface area contributed by atoms with E-state index in [9.17, 15) is 15.0 Å². The average molecular weight is 571 g/mol. The van der Waals surface area contributed by atoms with Crippen LogP contribution in [0.5, 0.6) is 5.75 Å². The fourth-order valence-corrected chi connectivity index (χ4v) is 5.94. The number of hydrogen-bond donors (Lipinski definition) is 4. The summed E-state index contributed by atoms with van der Waals surface area (Å²) in [6.45, 7) is 2.36. The number of aromatic hydroxyl groups is 1. The number of hydrogen-bond acceptors (Lipinski definition) is 6. The van der Waals surface area contributed by atoms with E-state index in [2.05, 4.69) is 22.8 Å². The van der Waals surface area contributed by atoms with Crippen LogP contribution in [0, 0.1) is 0 Å². The van der Waals surface area contributed by atoms with Gasteiger partial charge in [0.05, 0.1) is 18.8 Å². The minimum absolute atomic E-state index is 0.0308. The maximum atomic E-state index is 12.2. The van der Waals surface area contributed by atoms with Crippen LogP contribution in [0.25, 0.3) is 0 Å². The first kappa shape index (κ1) is 28.7. The fourth-order valence-electron chi connectivity index (χ4n) is 4.97. The van der Waals surface area contributed by atoms with Crippen LogP contribution < -0.4 is 10.6 Å². The van der Waals surface area contributed by atoms with Crippen LogP contribution in [0.15, 0.2) is 108 Å². The monoisotopic (exact) mass is 570 g/mol. The Morgan fingerprint density at radius 1 is 0.854 bits per heavy atom. The van der Waals surface area contributed by atoms with Gasteiger partial charge in [-0.15, -0.1) is 11.8 Å². The van der Waals surface area contributed by atoms with E-state index in [1.165, 1.54) is 0 Å². The number of amides is 2. The highest BCUT2D eigenvalue weighted by Crippen LogP contribution is 2.48. The maximum Gasteiger partial charge on any atom is 0.319 e. The highest BCUT2D eigenvalue weighted by atomic mass is 32.2. The Hall–Kier alpha value is -3.82. The van der Waals surface area contributed by atoms with Crippen molar-refractivity contribution in [1.29, 1.82) is 0 Å². The number of anilines is 1. The first-order chi connectivity index (χ1) is 20.0. The third-order valence-electron chi connectivity index (χ3n) is 6.98. The van der Waals surface area contributed by atoms with E-state index < -0.39 is 6.29 Å². The van der Waals surface area contributed by atoms with Crippen molar-refractivity contribution in [3.63, 3.8) is 0 Å². The van der Waals surface area contributed by atoms with E-state index >= 15 is 0 Å². The summed E-state index contributed by atoms with van der Waals surface area (Å²) in [5, 5.41) is 25.0. The fraction of sp³-hybridized carbons (Fsp3) is 0.242. The quantitative estimate of drug-likeness (QED) is 0.166. The molecule has 1 aliphatic heterocycles. The van der Waals surface area contributed by atoms with Crippen molar-refractivity contribution in [1.82, 2.24) is 5.32 Å². The normalized spacial score (nSPS) is 20.3. The molecule has 4 unspecified atom stereocenters. The second kappa shape index (κ2) is 13.7. The van der Waals surface area contributed by atoms with Gasteiger partial charge >= 0.3 is 6.03 Å². The zero-order valence-electron chi connectivity index (χ0n) is 22.8. The van der Waals surface area contributed by atoms with E-state index in [0.717, 1.165) is 27.1 Å². The second-order valence-electron chi connectivity index (χ2n) is 9.81. The molecule has 8 heteroatoms. The molecular weight excluding hydrogens is 536 g/mol. The van der Waals surface area contributed by atoms with E-state index in [4.69, 9.17) is 9.47 Å². The van der Waals surface area contributed by atoms with Gasteiger partial charge in [0.15, 0.2) is 6.29 Å². The predicted molar refractivity (Wildman–Crippen MR) is 161 cm³/mol. The summed E-state index contributed by atoms with van der Waals surface area (Å²) in [6.07, 6.45) is -1.26. The number of benzene rings is 4. The van der Waals surface area contributed by atoms with E-state index in [1.54, 1.807) is 23.9 Å². The second-order valence-corrected chi connectivity index (χ2v) is 10.9. The number of carbonyl (C=O) groups excluding carboxylic acids is 1. The molecular formula is C33H34N2O5S. The molecule has 1 aliphatic rings. The molecule has 0 saturated carbocycles. The summed E-state index contributed by atoms with van der Waals surface area (Å²) in [7, 11) is 0. The lowest BCUT2D eigenvalue weighted by atomic mass is 9.84. The molecule has 1 fully saturated rings. The van der Waals surface area contributed by atoms with Crippen molar-refractivity contribution in [2.75, 3.05) is 17.6 Å². The molecule has 4 atom stereocenters. The van der Waals surface area contributed by atoms with E-state index in [0.29, 0.717) is 18.0 Å². The van der Waals surface area contributed by atoms with Gasteiger partial charge in [0.25, 0.3) is 0 Å². The number of nitrogens with one attached hydrogen (secondary N) is 2. The molecule has 4 aromatic rings. The summed E-state index contributed by atoms with van der Waals surface area (Å²) < 4.78 is 13.5. The predicted octanol–water partition coefficient (Wildman–Crippen LogP) is 6.76. The average Bonchev–Trinajstić information content (AvgIpc) is 3.01. The third kappa shape index (κ3) is 7.28. The molecule has 41 heavy (non-hydrogen) atoms. The first-order valence-corrected chi connectivity index (χ1v) is 14.6. The summed E-state index contributed by atoms with van der Waals surface area (Å²) in [5.74, 6) is 0.756. The molecule has 0 radical (unpaired) electrons. The van der Waals surface area contributed by atoms with Crippen molar-refractivity contribution in [3.8, 4) is 5.75 Å². The van der Waals surface area contributed by atoms with Crippen LogP contribution in [0.4, 0.5) is 10.5 Å². The number of ether oxygens (including phenoxy) is 2. The lowest BCUT2D eigenvalue weighted by Crippen LogP contribution is -2.38. The molecule has 4 N–H and O–H groups in total. The van der Waals surface area contributed by atoms with Gasteiger partial charge in [-0.3, -0.25) is 0 Å². The van der Waals surface area contributed by atoms with Gasteiger partial charge in [-0.1, -0.05) is 66.7 Å². The Bertz CT molecular complexity index is 1420. The zero-order chi connectivity index (χ0) is 28.6. The molecule has 1 heterocycles. The molecule has 1 saturated heterocycles. The Labute approximate surface area is 244 Å². The van der Waals surface area contributed by atoms with Crippen molar-refractivity contribution in [3.05, 3.63) is 125 Å². The first-order valence-electron chi connectivity index (χ1n) is 13.7. The van der Waals surface area contributed by atoms with Gasteiger partial charge in [-0.25, -0.2) is 4.79 Å². The summed E-state index contributed by atoms with van der Waals surface area (Å²) in [4.78, 5) is 13.2. The molecule has 2 amide bonds. The SMILES string of the molecule is CCNC(=O)Nc1cccc(C2OC(CSc3ccc(O)cc3)C(c3ccccc3)C(c3ccc(CO)cc3)O2)c1. The minimum atomic E-state index is -0.682. The maximum absolute atomic E-state index is 12.2. The summed E-state index contributed by atoms with van der Waals surface area (Å²) in [6, 6.07) is 32.5. The lowest BCUT2D eigenvalue weighted by molar-refractivity contribution is -0.255. The third-order valence-corrected chi connectivity index (χ3v) is 8.08. The topological polar surface area (TPSA) is 100 Å². The number of phenols is 1. The Morgan fingerprint density at radius 3 is 2.29 bits per heavy atom. The van der Waals surface area contributed by atoms with E-state index in [-0.39, 0.29) is 36.5 Å². The molecule has 0 bridgehead atoms. The van der Waals surface area contributed by atoms with Gasteiger partial charge in [0.2, 0.25) is 0 Å². The van der Waals surface area contributed by atoms with Gasteiger partial charge in [0, 0.05) is 34.4 Å². The lowest BCUT2D eigenvalue weighted by Gasteiger charge is -2.43. The Kier molecular flexibility index (Phi) is 9.59. The molecule has 4 aromatic carbocycles. The highest BCUT2D eigenvalue weighted by molar-refractivity contribution is 7.99. The minimum Gasteiger partial charge on any atom is -0.508 e. The van der Waals surface area contributed by atoms with Crippen molar-refractivity contribution in [2.24, 2.45) is 0 Å². The van der Waals surface area contributed by atoms with Crippen molar-refractivity contribution < 1.29 is 24.5 Å². The largest absolute Gasteiger partial charge is 0.508 e. The summed E-state index contributed by atoms with van der Waals surface area (Å²) >= 11 is 1.66. The standard InChI is InChI=1S/C33H34N2O5S/c1-2-34-33(38)35-26-10-6-9-25(19-26)32-39-29(21-41-28-17-15-27(37)16-18-28)30(23-7-4-3-5-8-23)31(40-32)24-13-11-22(20-36)12-14-24/h3-19,29-32,36-37H,2,20-21H2,1H3,(H2,34,35,38). The van der Waals surface area contributed by atoms with Gasteiger partial charge < -0.3 is 30.3 Å². The Balaban J connectivity index is 1.50. The number of aliphatic hydroxyl groups excluding tert-OH is 1. The van der Waals surface area contributed by atoms with Gasteiger partial charge in [0.1, 0.15) is 5.75 Å². The number of rotatable bonds is 9. The number of carbonyl (C=O) groups is 1. The summed E-state index contributed by atoms with van der Waals surface area (Å²) in [5.41, 5.74) is 4.36. The van der Waals surface area contributed by atoms with Gasteiger partial charge in [-0.05, 0) is 60.0 Å². The van der Waals surface area contributed by atoms with Crippen LogP contribution in [0.2, 0.25) is 0 Å². The molecule has 5 rings (SSSR count). The van der Waals surface area contributed by atoms with Gasteiger partial charge in [-0.2, -0.15) is 0 Å². The zero-order valence-corrected chi connectivity index (χ0v) is 23.6. The molecule has 7 nitrogen and oxygen atoms in total. The van der Waals surface area contributed by atoms with E-state index in [1.807, 2.05) is 85.8 Å². The van der Waals surface area contributed by atoms with Crippen molar-refractivity contribution in [2.45, 2.75) is 42.8 Å². The number of urea groups is 1. The highest BCUT2D eigenvalue weighted by Gasteiger charge is 2.42. The van der Waals surface area contributed by atoms with Crippen LogP contribution >= 0.6 is 11.8 Å². The molecule has 212 valence electrons. The van der Waals surface area contributed by atoms with Crippen LogP contribution in [0.1, 0.15) is 47.5 Å². The number of thioether (sulfide) groups is 1. The van der Waals surface area contributed by atoms with Crippen LogP contribution in [0.3, 0.4) is 0 Å².